The molecule has 0 radical (unpaired) electrons. The number of aryl methyl sites for hydroxylation is 1. The fraction of sp³-hybridized carbons (Fsp3) is 0.0833. The highest BCUT2D eigenvalue weighted by atomic mass is 32.2. The number of carbonyl (C=O) groups is 1. The number of anilines is 1. The van der Waals surface area contributed by atoms with E-state index in [0.717, 1.165) is 22.5 Å². The highest BCUT2D eigenvalue weighted by molar-refractivity contribution is 7.99. The van der Waals surface area contributed by atoms with Crippen LogP contribution in [0.3, 0.4) is 0 Å². The van der Waals surface area contributed by atoms with Crippen LogP contribution in [0.15, 0.2) is 95.1 Å². The zero-order valence-corrected chi connectivity index (χ0v) is 19.4. The number of aromatic nitrogens is 2. The summed E-state index contributed by atoms with van der Waals surface area (Å²) in [4.78, 5) is 17.1. The van der Waals surface area contributed by atoms with Crippen LogP contribution in [0.5, 0.6) is 0 Å². The molecule has 0 aliphatic heterocycles. The first kappa shape index (κ1) is 22.8. The molecular formula is C24H22N4O3S2. The van der Waals surface area contributed by atoms with E-state index in [4.69, 9.17) is 5.14 Å². The molecule has 0 spiro atoms. The molecule has 4 rings (SSSR count). The smallest absolute Gasteiger partial charge is 0.238 e. The third-order valence-electron chi connectivity index (χ3n) is 4.87. The fourth-order valence-corrected chi connectivity index (χ4v) is 4.62. The Morgan fingerprint density at radius 3 is 2.45 bits per heavy atom. The molecule has 3 N–H and O–H groups in total. The molecule has 0 unspecified atom stereocenters. The van der Waals surface area contributed by atoms with Gasteiger partial charge in [-0.2, -0.15) is 0 Å². The van der Waals surface area contributed by atoms with Crippen LogP contribution in [0.25, 0.3) is 16.9 Å². The molecule has 4 aromatic rings. The van der Waals surface area contributed by atoms with Crippen molar-refractivity contribution in [3.63, 3.8) is 0 Å². The van der Waals surface area contributed by atoms with Crippen molar-refractivity contribution < 1.29 is 13.2 Å². The van der Waals surface area contributed by atoms with Crippen molar-refractivity contribution in [3.8, 4) is 16.9 Å². The van der Waals surface area contributed by atoms with Gasteiger partial charge in [0, 0.05) is 16.9 Å². The summed E-state index contributed by atoms with van der Waals surface area (Å²) >= 11 is 1.30. The van der Waals surface area contributed by atoms with E-state index in [0.29, 0.717) is 10.8 Å². The molecule has 0 saturated heterocycles. The third kappa shape index (κ3) is 5.51. The number of thioether (sulfide) groups is 1. The van der Waals surface area contributed by atoms with E-state index in [1.54, 1.807) is 12.3 Å². The van der Waals surface area contributed by atoms with Gasteiger partial charge >= 0.3 is 0 Å². The Hall–Kier alpha value is -3.40. The summed E-state index contributed by atoms with van der Waals surface area (Å²) in [6.07, 6.45) is 1.80. The van der Waals surface area contributed by atoms with Gasteiger partial charge in [-0.25, -0.2) is 18.5 Å². The van der Waals surface area contributed by atoms with Crippen molar-refractivity contribution in [3.05, 3.63) is 90.6 Å². The Kier molecular flexibility index (Phi) is 6.64. The first-order chi connectivity index (χ1) is 15.8. The largest absolute Gasteiger partial charge is 0.325 e. The van der Waals surface area contributed by atoms with Crippen LogP contribution in [0, 0.1) is 6.92 Å². The van der Waals surface area contributed by atoms with Crippen molar-refractivity contribution in [1.29, 1.82) is 0 Å². The second kappa shape index (κ2) is 9.62. The van der Waals surface area contributed by atoms with Crippen molar-refractivity contribution in [2.24, 2.45) is 5.14 Å². The molecule has 1 amide bonds. The van der Waals surface area contributed by atoms with Crippen LogP contribution in [0.4, 0.5) is 5.69 Å². The monoisotopic (exact) mass is 478 g/mol. The molecule has 3 aromatic carbocycles. The minimum absolute atomic E-state index is 0.0598. The van der Waals surface area contributed by atoms with E-state index in [1.807, 2.05) is 66.1 Å². The summed E-state index contributed by atoms with van der Waals surface area (Å²) in [5.74, 6) is -0.192. The van der Waals surface area contributed by atoms with Gasteiger partial charge in [0.1, 0.15) is 0 Å². The Labute approximate surface area is 196 Å². The summed E-state index contributed by atoms with van der Waals surface area (Å²) in [7, 11) is -3.85. The summed E-state index contributed by atoms with van der Waals surface area (Å²) in [5.41, 5.74) is 4.39. The van der Waals surface area contributed by atoms with E-state index in [1.165, 1.54) is 30.0 Å². The quantitative estimate of drug-likeness (QED) is 0.387. The number of amides is 1. The topological polar surface area (TPSA) is 107 Å². The Balaban J connectivity index is 1.56. The first-order valence-corrected chi connectivity index (χ1v) is 12.6. The van der Waals surface area contributed by atoms with Gasteiger partial charge in [0.25, 0.3) is 0 Å². The Bertz CT molecular complexity index is 1380. The average molecular weight is 479 g/mol. The van der Waals surface area contributed by atoms with Gasteiger partial charge in [0.15, 0.2) is 5.16 Å². The van der Waals surface area contributed by atoms with Gasteiger partial charge in [-0.1, -0.05) is 65.9 Å². The average Bonchev–Trinajstić information content (AvgIpc) is 3.22. The van der Waals surface area contributed by atoms with E-state index < -0.39 is 10.0 Å². The maximum atomic E-state index is 12.6. The molecule has 0 fully saturated rings. The molecule has 0 aliphatic rings. The van der Waals surface area contributed by atoms with Crippen molar-refractivity contribution in [2.75, 3.05) is 11.1 Å². The number of imidazole rings is 1. The number of benzene rings is 3. The minimum atomic E-state index is -3.85. The molecular weight excluding hydrogens is 456 g/mol. The number of nitrogens with two attached hydrogens (primary N) is 1. The van der Waals surface area contributed by atoms with Gasteiger partial charge in [0.05, 0.1) is 22.5 Å². The molecule has 7 nitrogen and oxygen atoms in total. The van der Waals surface area contributed by atoms with Gasteiger partial charge < -0.3 is 5.32 Å². The third-order valence-corrected chi connectivity index (χ3v) is 6.73. The molecule has 9 heteroatoms. The normalized spacial score (nSPS) is 11.3. The molecule has 1 heterocycles. The first-order valence-electron chi connectivity index (χ1n) is 10.1. The second-order valence-electron chi connectivity index (χ2n) is 7.37. The van der Waals surface area contributed by atoms with E-state index in [9.17, 15) is 13.2 Å². The van der Waals surface area contributed by atoms with Crippen molar-refractivity contribution in [2.45, 2.75) is 17.0 Å². The number of nitrogens with zero attached hydrogens (tertiary/aromatic N) is 2. The number of hydrogen-bond donors (Lipinski definition) is 2. The van der Waals surface area contributed by atoms with Gasteiger partial charge in [0.2, 0.25) is 15.9 Å². The number of sulfonamides is 1. The fourth-order valence-electron chi connectivity index (χ4n) is 3.27. The van der Waals surface area contributed by atoms with Crippen LogP contribution in [0.1, 0.15) is 5.56 Å². The lowest BCUT2D eigenvalue weighted by Gasteiger charge is -2.13. The molecule has 0 atom stereocenters. The zero-order chi connectivity index (χ0) is 23.4. The Morgan fingerprint density at radius 2 is 1.76 bits per heavy atom. The summed E-state index contributed by atoms with van der Waals surface area (Å²) in [5, 5.41) is 8.55. The zero-order valence-electron chi connectivity index (χ0n) is 17.8. The van der Waals surface area contributed by atoms with Crippen LogP contribution in [-0.2, 0) is 14.8 Å². The molecule has 1 aromatic heterocycles. The SMILES string of the molecule is Cc1ccc(-n2c(-c3ccccc3)cnc2SCC(=O)Nc2cccc(S(N)(=O)=O)c2)cc1. The lowest BCUT2D eigenvalue weighted by molar-refractivity contribution is -0.113. The van der Waals surface area contributed by atoms with Gasteiger partial charge in [-0.15, -0.1) is 0 Å². The molecule has 33 heavy (non-hydrogen) atoms. The highest BCUT2D eigenvalue weighted by Gasteiger charge is 2.16. The summed E-state index contributed by atoms with van der Waals surface area (Å²) < 4.78 is 25.1. The van der Waals surface area contributed by atoms with E-state index in [-0.39, 0.29) is 16.6 Å². The summed E-state index contributed by atoms with van der Waals surface area (Å²) in [6, 6.07) is 23.9. The van der Waals surface area contributed by atoms with Gasteiger partial charge in [-0.05, 0) is 37.3 Å². The number of hydrogen-bond acceptors (Lipinski definition) is 5. The number of primary sulfonamides is 1. The summed E-state index contributed by atoms with van der Waals surface area (Å²) in [6.45, 7) is 2.03. The minimum Gasteiger partial charge on any atom is -0.325 e. The molecule has 168 valence electrons. The maximum Gasteiger partial charge on any atom is 0.238 e. The van der Waals surface area contributed by atoms with Crippen molar-refractivity contribution in [1.82, 2.24) is 9.55 Å². The van der Waals surface area contributed by atoms with Crippen molar-refractivity contribution >= 4 is 33.4 Å². The van der Waals surface area contributed by atoms with Crippen LogP contribution in [-0.4, -0.2) is 29.6 Å². The maximum absolute atomic E-state index is 12.6. The predicted molar refractivity (Wildman–Crippen MR) is 131 cm³/mol. The number of rotatable bonds is 7. The van der Waals surface area contributed by atoms with Crippen LogP contribution >= 0.6 is 11.8 Å². The molecule has 0 aliphatic carbocycles. The highest BCUT2D eigenvalue weighted by Crippen LogP contribution is 2.30. The lowest BCUT2D eigenvalue weighted by Crippen LogP contribution is -2.16. The molecule has 0 saturated carbocycles. The van der Waals surface area contributed by atoms with Crippen LogP contribution < -0.4 is 10.5 Å². The van der Waals surface area contributed by atoms with E-state index in [2.05, 4.69) is 10.3 Å². The van der Waals surface area contributed by atoms with E-state index >= 15 is 0 Å². The second-order valence-corrected chi connectivity index (χ2v) is 9.88. The van der Waals surface area contributed by atoms with Crippen LogP contribution in [0.2, 0.25) is 0 Å². The molecule has 0 bridgehead atoms. The number of nitrogens with one attached hydrogen (secondary N) is 1. The van der Waals surface area contributed by atoms with Gasteiger partial charge in [-0.3, -0.25) is 9.36 Å². The predicted octanol–water partition coefficient (Wildman–Crippen LogP) is 4.23. The Morgan fingerprint density at radius 1 is 1.03 bits per heavy atom. The lowest BCUT2D eigenvalue weighted by atomic mass is 10.1. The number of carbonyl (C=O) groups excluding carboxylic acids is 1. The standard InChI is InChI=1S/C24H22N4O3S2/c1-17-10-12-20(13-11-17)28-22(18-6-3-2-4-7-18)15-26-24(28)32-16-23(29)27-19-8-5-9-21(14-19)33(25,30)31/h2-15H,16H2,1H3,(H,27,29)(H2,25,30,31).